The molecule has 5 heteroatoms. The first-order valence-corrected chi connectivity index (χ1v) is 9.00. The van der Waals surface area contributed by atoms with Gasteiger partial charge < -0.3 is 15.5 Å². The number of nitrogens with zero attached hydrogens (tertiary/aromatic N) is 3. The van der Waals surface area contributed by atoms with Crippen molar-refractivity contribution in [2.24, 2.45) is 0 Å². The second kappa shape index (κ2) is 8.51. The van der Waals surface area contributed by atoms with E-state index in [2.05, 4.69) is 43.7 Å². The van der Waals surface area contributed by atoms with Crippen molar-refractivity contribution in [2.45, 2.75) is 32.1 Å². The van der Waals surface area contributed by atoms with E-state index in [1.165, 1.54) is 31.4 Å². The summed E-state index contributed by atoms with van der Waals surface area (Å²) in [6.07, 6.45) is 10.4. The smallest absolute Gasteiger partial charge is 0.229 e. The van der Waals surface area contributed by atoms with Gasteiger partial charge in [0.25, 0.3) is 0 Å². The summed E-state index contributed by atoms with van der Waals surface area (Å²) in [7, 11) is 4.06. The van der Waals surface area contributed by atoms with Crippen LogP contribution in [0.3, 0.4) is 0 Å². The molecule has 0 aliphatic heterocycles. The number of rotatable bonds is 7. The van der Waals surface area contributed by atoms with Gasteiger partial charge in [0.15, 0.2) is 0 Å². The molecule has 0 saturated heterocycles. The van der Waals surface area contributed by atoms with Crippen LogP contribution in [0, 0.1) is 0 Å². The van der Waals surface area contributed by atoms with Crippen LogP contribution in [0.5, 0.6) is 0 Å². The number of aromatic nitrogens is 2. The Kier molecular flexibility index (Phi) is 5.88. The molecule has 25 heavy (non-hydrogen) atoms. The summed E-state index contributed by atoms with van der Waals surface area (Å²) >= 11 is 0. The topological polar surface area (TPSA) is 53.1 Å². The molecule has 0 unspecified atom stereocenters. The molecule has 0 atom stereocenters. The van der Waals surface area contributed by atoms with Gasteiger partial charge in [-0.1, -0.05) is 11.6 Å². The van der Waals surface area contributed by atoms with Crippen molar-refractivity contribution in [2.75, 3.05) is 36.2 Å². The summed E-state index contributed by atoms with van der Waals surface area (Å²) in [5, 5.41) is 6.66. The third-order valence-electron chi connectivity index (χ3n) is 4.43. The fraction of sp³-hybridized carbons (Fsp3) is 0.400. The summed E-state index contributed by atoms with van der Waals surface area (Å²) in [4.78, 5) is 10.9. The van der Waals surface area contributed by atoms with Gasteiger partial charge in [0.2, 0.25) is 5.95 Å². The highest BCUT2D eigenvalue weighted by Crippen LogP contribution is 2.21. The quantitative estimate of drug-likeness (QED) is 0.724. The Balaban J connectivity index is 1.54. The summed E-state index contributed by atoms with van der Waals surface area (Å²) in [6, 6.07) is 10.1. The minimum absolute atomic E-state index is 0.611. The molecular weight excluding hydrogens is 310 g/mol. The van der Waals surface area contributed by atoms with E-state index in [0.29, 0.717) is 5.95 Å². The highest BCUT2D eigenvalue weighted by molar-refractivity contribution is 5.59. The standard InChI is InChI=1S/C20H27N5/c1-25(2)18-10-8-17(9-11-18)23-20-22-15-13-19(24-20)21-14-12-16-6-4-3-5-7-16/h6,8-11,13,15H,3-5,7,12,14H2,1-2H3,(H2,21,22,23,24). The SMILES string of the molecule is CN(C)c1ccc(Nc2nccc(NCCC3=CCCCC3)n2)cc1. The highest BCUT2D eigenvalue weighted by Gasteiger charge is 2.04. The van der Waals surface area contributed by atoms with Gasteiger partial charge in [-0.3, -0.25) is 0 Å². The molecule has 3 rings (SSSR count). The zero-order valence-corrected chi connectivity index (χ0v) is 15.1. The fourth-order valence-corrected chi connectivity index (χ4v) is 2.97. The monoisotopic (exact) mass is 337 g/mol. The lowest BCUT2D eigenvalue weighted by Crippen LogP contribution is -2.08. The van der Waals surface area contributed by atoms with Crippen LogP contribution in [0.2, 0.25) is 0 Å². The first kappa shape index (κ1) is 17.3. The lowest BCUT2D eigenvalue weighted by Gasteiger charge is -2.14. The summed E-state index contributed by atoms with van der Waals surface area (Å²) in [6.45, 7) is 0.916. The van der Waals surface area contributed by atoms with Crippen molar-refractivity contribution in [3.8, 4) is 0 Å². The van der Waals surface area contributed by atoms with E-state index in [9.17, 15) is 0 Å². The lowest BCUT2D eigenvalue weighted by atomic mass is 9.97. The molecule has 1 aromatic heterocycles. The van der Waals surface area contributed by atoms with Crippen molar-refractivity contribution < 1.29 is 0 Å². The number of hydrogen-bond acceptors (Lipinski definition) is 5. The van der Waals surface area contributed by atoms with E-state index in [0.717, 1.165) is 24.5 Å². The number of hydrogen-bond donors (Lipinski definition) is 2. The minimum Gasteiger partial charge on any atom is -0.378 e. The van der Waals surface area contributed by atoms with Gasteiger partial charge in [0.1, 0.15) is 5.82 Å². The molecule has 1 aliphatic carbocycles. The van der Waals surface area contributed by atoms with Gasteiger partial charge in [0, 0.05) is 38.2 Å². The van der Waals surface area contributed by atoms with Crippen LogP contribution < -0.4 is 15.5 Å². The van der Waals surface area contributed by atoms with Crippen molar-refractivity contribution in [3.63, 3.8) is 0 Å². The molecule has 0 amide bonds. The summed E-state index contributed by atoms with van der Waals surface area (Å²) < 4.78 is 0. The molecule has 2 aromatic rings. The Labute approximate surface area is 150 Å². The Morgan fingerprint density at radius 2 is 1.92 bits per heavy atom. The molecule has 0 spiro atoms. The van der Waals surface area contributed by atoms with Crippen LogP contribution in [-0.2, 0) is 0 Å². The molecule has 0 bridgehead atoms. The third kappa shape index (κ3) is 5.21. The largest absolute Gasteiger partial charge is 0.378 e. The average Bonchev–Trinajstić information content (AvgIpc) is 2.63. The number of nitrogens with one attached hydrogen (secondary N) is 2. The number of anilines is 4. The maximum absolute atomic E-state index is 4.55. The summed E-state index contributed by atoms with van der Waals surface area (Å²) in [5.74, 6) is 1.47. The summed E-state index contributed by atoms with van der Waals surface area (Å²) in [5.41, 5.74) is 3.72. The molecule has 2 N–H and O–H groups in total. The van der Waals surface area contributed by atoms with Gasteiger partial charge in [-0.15, -0.1) is 0 Å². The Morgan fingerprint density at radius 3 is 2.64 bits per heavy atom. The number of benzene rings is 1. The van der Waals surface area contributed by atoms with Crippen molar-refractivity contribution in [1.29, 1.82) is 0 Å². The van der Waals surface area contributed by atoms with Gasteiger partial charge in [0.05, 0.1) is 0 Å². The van der Waals surface area contributed by atoms with Gasteiger partial charge in [-0.05, 0) is 62.4 Å². The van der Waals surface area contributed by atoms with Crippen molar-refractivity contribution in [1.82, 2.24) is 9.97 Å². The predicted molar refractivity (Wildman–Crippen MR) is 106 cm³/mol. The molecule has 5 nitrogen and oxygen atoms in total. The van der Waals surface area contributed by atoms with Crippen LogP contribution in [0.1, 0.15) is 32.1 Å². The second-order valence-corrected chi connectivity index (χ2v) is 6.62. The highest BCUT2D eigenvalue weighted by atomic mass is 15.1. The maximum Gasteiger partial charge on any atom is 0.229 e. The van der Waals surface area contributed by atoms with E-state index in [1.807, 2.05) is 32.3 Å². The molecule has 1 aliphatic rings. The third-order valence-corrected chi connectivity index (χ3v) is 4.43. The minimum atomic E-state index is 0.611. The number of allylic oxidation sites excluding steroid dienone is 1. The second-order valence-electron chi connectivity index (χ2n) is 6.62. The van der Waals surface area contributed by atoms with Crippen LogP contribution >= 0.6 is 0 Å². The fourth-order valence-electron chi connectivity index (χ4n) is 2.97. The van der Waals surface area contributed by atoms with E-state index in [1.54, 1.807) is 11.8 Å². The molecule has 1 heterocycles. The van der Waals surface area contributed by atoms with Crippen LogP contribution in [0.4, 0.5) is 23.1 Å². The van der Waals surface area contributed by atoms with Gasteiger partial charge in [-0.25, -0.2) is 4.98 Å². The molecule has 1 aromatic carbocycles. The first-order valence-electron chi connectivity index (χ1n) is 9.00. The Hall–Kier alpha value is -2.56. The van der Waals surface area contributed by atoms with E-state index in [4.69, 9.17) is 0 Å². The maximum atomic E-state index is 4.55. The van der Waals surface area contributed by atoms with Crippen molar-refractivity contribution >= 4 is 23.1 Å². The van der Waals surface area contributed by atoms with E-state index >= 15 is 0 Å². The zero-order valence-electron chi connectivity index (χ0n) is 15.1. The molecule has 132 valence electrons. The molecule has 0 radical (unpaired) electrons. The van der Waals surface area contributed by atoms with E-state index in [-0.39, 0.29) is 0 Å². The lowest BCUT2D eigenvalue weighted by molar-refractivity contribution is 0.679. The molecule has 0 saturated carbocycles. The molecular formula is C20H27N5. The van der Waals surface area contributed by atoms with Gasteiger partial charge in [-0.2, -0.15) is 4.98 Å². The average molecular weight is 337 g/mol. The normalized spacial score (nSPS) is 13.9. The molecule has 0 fully saturated rings. The van der Waals surface area contributed by atoms with Crippen LogP contribution in [-0.4, -0.2) is 30.6 Å². The van der Waals surface area contributed by atoms with E-state index < -0.39 is 0 Å². The Morgan fingerprint density at radius 1 is 1.08 bits per heavy atom. The van der Waals surface area contributed by atoms with Crippen molar-refractivity contribution in [3.05, 3.63) is 48.2 Å². The van der Waals surface area contributed by atoms with Crippen LogP contribution in [0.15, 0.2) is 48.2 Å². The zero-order chi connectivity index (χ0) is 17.5. The first-order chi connectivity index (χ1) is 12.2. The van der Waals surface area contributed by atoms with Gasteiger partial charge >= 0.3 is 0 Å². The van der Waals surface area contributed by atoms with Crippen LogP contribution in [0.25, 0.3) is 0 Å². The predicted octanol–water partition coefficient (Wildman–Crippen LogP) is 4.59. The Bertz CT molecular complexity index is 706.